The van der Waals surface area contributed by atoms with E-state index < -0.39 is 15.8 Å². The van der Waals surface area contributed by atoms with Gasteiger partial charge in [0.25, 0.3) is 0 Å². The lowest BCUT2D eigenvalue weighted by molar-refractivity contribution is 0.0692. The van der Waals surface area contributed by atoms with Crippen molar-refractivity contribution >= 4 is 32.1 Å². The van der Waals surface area contributed by atoms with Crippen LogP contribution < -0.4 is 5.73 Å². The minimum atomic E-state index is -3.21. The van der Waals surface area contributed by atoms with Gasteiger partial charge < -0.3 is 10.8 Å². The number of hydrogen-bond donors (Lipinski definition) is 2. The molecular weight excluding hydrogens is 228 g/mol. The van der Waals surface area contributed by atoms with Gasteiger partial charge in [0.2, 0.25) is 0 Å². The number of sulfone groups is 1. The lowest BCUT2D eigenvalue weighted by atomic mass is 10.5. The SMILES string of the molecule is CS(=O)(=O)Cc1nc(C(=O)O)c(N)s1. The second-order valence-electron chi connectivity index (χ2n) is 2.70. The Bertz CT molecular complexity index is 462. The van der Waals surface area contributed by atoms with Gasteiger partial charge >= 0.3 is 5.97 Å². The summed E-state index contributed by atoms with van der Waals surface area (Å²) in [6.07, 6.45) is 1.05. The van der Waals surface area contributed by atoms with Crippen LogP contribution >= 0.6 is 11.3 Å². The molecule has 0 bridgehead atoms. The van der Waals surface area contributed by atoms with Gasteiger partial charge in [0.1, 0.15) is 15.8 Å². The smallest absolute Gasteiger partial charge is 0.357 e. The molecule has 0 spiro atoms. The highest BCUT2D eigenvalue weighted by atomic mass is 32.2. The van der Waals surface area contributed by atoms with Crippen LogP contribution in [0.3, 0.4) is 0 Å². The van der Waals surface area contributed by atoms with Crippen LogP contribution in [0.25, 0.3) is 0 Å². The summed E-state index contributed by atoms with van der Waals surface area (Å²) in [5, 5.41) is 8.81. The van der Waals surface area contributed by atoms with Crippen molar-refractivity contribution in [1.82, 2.24) is 4.98 Å². The van der Waals surface area contributed by atoms with Gasteiger partial charge in [-0.2, -0.15) is 0 Å². The van der Waals surface area contributed by atoms with E-state index in [1.807, 2.05) is 0 Å². The molecule has 78 valence electrons. The van der Waals surface area contributed by atoms with Crippen molar-refractivity contribution in [1.29, 1.82) is 0 Å². The Kier molecular flexibility index (Phi) is 2.76. The number of carboxylic acids is 1. The largest absolute Gasteiger partial charge is 0.476 e. The lowest BCUT2D eigenvalue weighted by Crippen LogP contribution is -2.03. The number of hydrogen-bond acceptors (Lipinski definition) is 6. The molecule has 1 aromatic heterocycles. The zero-order valence-electron chi connectivity index (χ0n) is 7.22. The molecule has 0 aliphatic carbocycles. The van der Waals surface area contributed by atoms with Crippen molar-refractivity contribution in [2.45, 2.75) is 5.75 Å². The Balaban J connectivity index is 3.04. The first-order valence-corrected chi connectivity index (χ1v) is 6.33. The molecule has 8 heteroatoms. The first-order chi connectivity index (χ1) is 6.29. The fraction of sp³-hybridized carbons (Fsp3) is 0.333. The van der Waals surface area contributed by atoms with Crippen molar-refractivity contribution in [3.8, 4) is 0 Å². The number of nitrogen functional groups attached to an aromatic ring is 1. The van der Waals surface area contributed by atoms with Crippen LogP contribution in [0.1, 0.15) is 15.5 Å². The maximum atomic E-state index is 10.9. The molecule has 6 nitrogen and oxygen atoms in total. The number of anilines is 1. The summed E-state index contributed by atoms with van der Waals surface area (Å²) < 4.78 is 21.7. The lowest BCUT2D eigenvalue weighted by Gasteiger charge is -1.90. The fourth-order valence-electron chi connectivity index (χ4n) is 0.817. The van der Waals surface area contributed by atoms with Gasteiger partial charge in [-0.25, -0.2) is 18.2 Å². The summed E-state index contributed by atoms with van der Waals surface area (Å²) >= 11 is 0.876. The number of thiazole rings is 1. The summed E-state index contributed by atoms with van der Waals surface area (Å²) in [7, 11) is -3.21. The van der Waals surface area contributed by atoms with Gasteiger partial charge in [-0.05, 0) is 0 Å². The molecule has 0 aromatic carbocycles. The van der Waals surface area contributed by atoms with E-state index in [9.17, 15) is 13.2 Å². The number of aromatic carboxylic acids is 1. The van der Waals surface area contributed by atoms with Crippen LogP contribution in [0.2, 0.25) is 0 Å². The molecule has 0 fully saturated rings. The monoisotopic (exact) mass is 236 g/mol. The average Bonchev–Trinajstić information content (AvgIpc) is 2.26. The molecule has 0 atom stereocenters. The molecule has 1 aromatic rings. The van der Waals surface area contributed by atoms with Gasteiger partial charge in [0.15, 0.2) is 15.5 Å². The molecule has 14 heavy (non-hydrogen) atoms. The second-order valence-corrected chi connectivity index (χ2v) is 5.95. The van der Waals surface area contributed by atoms with Crippen LogP contribution in [-0.2, 0) is 15.6 Å². The van der Waals surface area contributed by atoms with E-state index in [1.165, 1.54) is 0 Å². The van der Waals surface area contributed by atoms with E-state index in [0.29, 0.717) is 0 Å². The summed E-state index contributed by atoms with van der Waals surface area (Å²) in [5.74, 6) is -1.53. The van der Waals surface area contributed by atoms with Crippen molar-refractivity contribution < 1.29 is 18.3 Å². The highest BCUT2D eigenvalue weighted by Crippen LogP contribution is 2.22. The molecule has 0 aliphatic rings. The van der Waals surface area contributed by atoms with Gasteiger partial charge in [-0.3, -0.25) is 0 Å². The molecule has 1 heterocycles. The minimum Gasteiger partial charge on any atom is -0.476 e. The molecule has 0 unspecified atom stereocenters. The van der Waals surface area contributed by atoms with Crippen LogP contribution in [-0.4, -0.2) is 30.7 Å². The minimum absolute atomic E-state index is 0.0242. The third-order valence-electron chi connectivity index (χ3n) is 1.29. The first kappa shape index (κ1) is 10.9. The van der Waals surface area contributed by atoms with Crippen molar-refractivity contribution in [3.63, 3.8) is 0 Å². The summed E-state index contributed by atoms with van der Waals surface area (Å²) in [5.41, 5.74) is 5.06. The van der Waals surface area contributed by atoms with Gasteiger partial charge in [-0.15, -0.1) is 0 Å². The molecule has 3 N–H and O–H groups in total. The topological polar surface area (TPSA) is 110 Å². The van der Waals surface area contributed by atoms with Crippen molar-refractivity contribution in [2.24, 2.45) is 0 Å². The van der Waals surface area contributed by atoms with Crippen LogP contribution in [0, 0.1) is 0 Å². The quantitative estimate of drug-likeness (QED) is 0.762. The highest BCUT2D eigenvalue weighted by Gasteiger charge is 2.17. The number of nitrogens with zero attached hydrogens (tertiary/aromatic N) is 1. The Morgan fingerprint density at radius 3 is 2.57 bits per heavy atom. The van der Waals surface area contributed by atoms with E-state index in [4.69, 9.17) is 10.8 Å². The van der Waals surface area contributed by atoms with E-state index in [0.717, 1.165) is 17.6 Å². The average molecular weight is 236 g/mol. The van der Waals surface area contributed by atoms with Crippen molar-refractivity contribution in [3.05, 3.63) is 10.7 Å². The van der Waals surface area contributed by atoms with Crippen LogP contribution in [0.15, 0.2) is 0 Å². The number of nitrogens with two attached hydrogens (primary N) is 1. The molecule has 0 aliphatic heterocycles. The fourth-order valence-corrected chi connectivity index (χ4v) is 2.83. The molecule has 0 radical (unpaired) electrons. The normalized spacial score (nSPS) is 11.5. The Morgan fingerprint density at radius 2 is 2.21 bits per heavy atom. The predicted molar refractivity (Wildman–Crippen MR) is 52.0 cm³/mol. The van der Waals surface area contributed by atoms with Crippen LogP contribution in [0.5, 0.6) is 0 Å². The standard InChI is InChI=1S/C6H8N2O4S2/c1-14(11,12)2-3-8-4(6(9)10)5(7)13-3/h2,7H2,1H3,(H,9,10). The molecule has 0 saturated heterocycles. The number of carbonyl (C=O) groups is 1. The molecule has 1 rings (SSSR count). The molecule has 0 saturated carbocycles. The second kappa shape index (κ2) is 3.54. The maximum Gasteiger partial charge on any atom is 0.357 e. The molecule has 0 amide bonds. The van der Waals surface area contributed by atoms with E-state index in [2.05, 4.69) is 4.98 Å². The van der Waals surface area contributed by atoms with E-state index in [1.54, 1.807) is 0 Å². The first-order valence-electron chi connectivity index (χ1n) is 3.46. The number of carboxylic acid groups (broad SMARTS) is 1. The zero-order chi connectivity index (χ0) is 10.9. The van der Waals surface area contributed by atoms with E-state index >= 15 is 0 Å². The number of rotatable bonds is 3. The Morgan fingerprint density at radius 1 is 1.64 bits per heavy atom. The molecular formula is C6H8N2O4S2. The van der Waals surface area contributed by atoms with Gasteiger partial charge in [0.05, 0.1) is 0 Å². The third kappa shape index (κ3) is 2.67. The Hall–Kier alpha value is -1.15. The third-order valence-corrected chi connectivity index (χ3v) is 3.15. The van der Waals surface area contributed by atoms with Crippen molar-refractivity contribution in [2.75, 3.05) is 12.0 Å². The number of aromatic nitrogens is 1. The van der Waals surface area contributed by atoms with Gasteiger partial charge in [0, 0.05) is 6.26 Å². The summed E-state index contributed by atoms with van der Waals surface area (Å²) in [4.78, 5) is 14.1. The maximum absolute atomic E-state index is 10.9. The zero-order valence-corrected chi connectivity index (χ0v) is 8.85. The highest BCUT2D eigenvalue weighted by molar-refractivity contribution is 7.90. The van der Waals surface area contributed by atoms with Crippen LogP contribution in [0.4, 0.5) is 5.00 Å². The Labute approximate surface area is 84.3 Å². The van der Waals surface area contributed by atoms with Gasteiger partial charge in [-0.1, -0.05) is 11.3 Å². The summed E-state index contributed by atoms with van der Waals surface area (Å²) in [6.45, 7) is 0. The predicted octanol–water partition coefficient (Wildman–Crippen LogP) is -0.0319. The van der Waals surface area contributed by atoms with E-state index in [-0.39, 0.29) is 21.5 Å². The summed E-state index contributed by atoms with van der Waals surface area (Å²) in [6, 6.07) is 0.